The highest BCUT2D eigenvalue weighted by molar-refractivity contribution is 7.91. The molecule has 1 aliphatic heterocycles. The van der Waals surface area contributed by atoms with Gasteiger partial charge in [-0.15, -0.1) is 0 Å². The van der Waals surface area contributed by atoms with Crippen molar-refractivity contribution in [2.45, 2.75) is 37.5 Å². The normalized spacial score (nSPS) is 17.5. The SMILES string of the molecule is C[C@@H]1CN(c2cccc(-c3ccc4cnc(CNC(=O)c5ccc(F)c(S(=O)(=O)CCO)c5)cc4n3)n2)C[C@H](C)O1. The second-order valence-corrected chi connectivity index (χ2v) is 12.1. The maximum Gasteiger partial charge on any atom is 0.251 e. The van der Waals surface area contributed by atoms with E-state index < -0.39 is 38.8 Å². The van der Waals surface area contributed by atoms with Crippen LogP contribution in [0.2, 0.25) is 0 Å². The Hall–Kier alpha value is -4.00. The van der Waals surface area contributed by atoms with E-state index in [1.54, 1.807) is 12.3 Å². The lowest BCUT2D eigenvalue weighted by Gasteiger charge is -2.36. The molecule has 12 heteroatoms. The standard InChI is InChI=1S/C29H30FN5O5S/c1-18-16-35(17-19(2)40-18)28-5-3-4-24(34-28)25-9-7-21-14-31-22(13-26(21)33-25)15-32-29(37)20-6-8-23(30)27(12-20)41(38,39)11-10-36/h3-9,12-14,18-19,36H,10-11,15-17H2,1-2H3,(H,32,37)/t18-,19+. The van der Waals surface area contributed by atoms with Gasteiger partial charge in [0, 0.05) is 30.2 Å². The van der Waals surface area contributed by atoms with Crippen LogP contribution in [0.4, 0.5) is 10.2 Å². The fraction of sp³-hybridized carbons (Fsp3) is 0.310. The van der Waals surface area contributed by atoms with E-state index in [9.17, 15) is 17.6 Å². The van der Waals surface area contributed by atoms with Crippen LogP contribution in [0.1, 0.15) is 29.9 Å². The molecule has 1 saturated heterocycles. The Morgan fingerprint density at radius 3 is 2.59 bits per heavy atom. The Morgan fingerprint density at radius 1 is 1.07 bits per heavy atom. The van der Waals surface area contributed by atoms with Crippen molar-refractivity contribution in [1.29, 1.82) is 0 Å². The van der Waals surface area contributed by atoms with E-state index in [1.165, 1.54) is 6.07 Å². The van der Waals surface area contributed by atoms with Crippen LogP contribution in [0, 0.1) is 5.82 Å². The zero-order valence-corrected chi connectivity index (χ0v) is 23.4. The zero-order chi connectivity index (χ0) is 29.1. The molecule has 1 fully saturated rings. The summed E-state index contributed by atoms with van der Waals surface area (Å²) >= 11 is 0. The first-order chi connectivity index (χ1) is 19.6. The van der Waals surface area contributed by atoms with E-state index in [2.05, 4.69) is 15.2 Å². The van der Waals surface area contributed by atoms with E-state index in [1.807, 2.05) is 44.2 Å². The quantitative estimate of drug-likeness (QED) is 0.323. The number of sulfone groups is 1. The summed E-state index contributed by atoms with van der Waals surface area (Å²) < 4.78 is 44.4. The Balaban J connectivity index is 1.33. The van der Waals surface area contributed by atoms with Gasteiger partial charge in [0.25, 0.3) is 5.91 Å². The number of anilines is 1. The van der Waals surface area contributed by atoms with Crippen LogP contribution < -0.4 is 10.2 Å². The lowest BCUT2D eigenvalue weighted by molar-refractivity contribution is -0.00545. The average Bonchev–Trinajstić information content (AvgIpc) is 2.95. The van der Waals surface area contributed by atoms with Gasteiger partial charge >= 0.3 is 0 Å². The molecule has 0 spiro atoms. The minimum absolute atomic E-state index is 0.0286. The van der Waals surface area contributed by atoms with E-state index >= 15 is 0 Å². The smallest absolute Gasteiger partial charge is 0.251 e. The molecule has 10 nitrogen and oxygen atoms in total. The number of hydrogen-bond acceptors (Lipinski definition) is 9. The first-order valence-electron chi connectivity index (χ1n) is 13.2. The average molecular weight is 580 g/mol. The van der Waals surface area contributed by atoms with Crippen LogP contribution in [0.15, 0.2) is 65.7 Å². The fourth-order valence-corrected chi connectivity index (χ4v) is 5.92. The van der Waals surface area contributed by atoms with Crippen LogP contribution in [0.25, 0.3) is 22.3 Å². The number of ether oxygens (including phenoxy) is 1. The zero-order valence-electron chi connectivity index (χ0n) is 22.6. The third kappa shape index (κ3) is 6.50. The second kappa shape index (κ2) is 11.9. The predicted molar refractivity (Wildman–Crippen MR) is 152 cm³/mol. The number of morpholine rings is 1. The van der Waals surface area contributed by atoms with Crippen LogP contribution in [-0.4, -0.2) is 72.0 Å². The van der Waals surface area contributed by atoms with Gasteiger partial charge in [0.1, 0.15) is 16.5 Å². The van der Waals surface area contributed by atoms with Crippen molar-refractivity contribution in [1.82, 2.24) is 20.3 Å². The van der Waals surface area contributed by atoms with Gasteiger partial charge in [0.05, 0.1) is 53.7 Å². The molecule has 0 saturated carbocycles. The highest BCUT2D eigenvalue weighted by atomic mass is 32.2. The highest BCUT2D eigenvalue weighted by Gasteiger charge is 2.24. The molecule has 4 heterocycles. The molecule has 0 bridgehead atoms. The minimum atomic E-state index is -4.07. The molecule has 2 atom stereocenters. The van der Waals surface area contributed by atoms with Crippen LogP contribution in [-0.2, 0) is 21.1 Å². The number of halogens is 1. The van der Waals surface area contributed by atoms with Crippen molar-refractivity contribution < 1.29 is 27.4 Å². The molecule has 1 aromatic carbocycles. The number of hydrogen-bond donors (Lipinski definition) is 2. The summed E-state index contributed by atoms with van der Waals surface area (Å²) in [6.45, 7) is 4.99. The Labute approximate surface area is 237 Å². The molecule has 5 rings (SSSR count). The van der Waals surface area contributed by atoms with Crippen molar-refractivity contribution in [3.05, 3.63) is 77.9 Å². The summed E-state index contributed by atoms with van der Waals surface area (Å²) in [7, 11) is -4.07. The molecule has 1 amide bonds. The van der Waals surface area contributed by atoms with Crippen LogP contribution in [0.5, 0.6) is 0 Å². The van der Waals surface area contributed by atoms with E-state index in [0.717, 1.165) is 42.1 Å². The predicted octanol–water partition coefficient (Wildman–Crippen LogP) is 3.14. The number of carbonyl (C=O) groups excluding carboxylic acids is 1. The van der Waals surface area contributed by atoms with E-state index in [-0.39, 0.29) is 24.3 Å². The van der Waals surface area contributed by atoms with Gasteiger partial charge in [-0.3, -0.25) is 9.78 Å². The number of benzene rings is 1. The maximum atomic E-state index is 14.1. The first kappa shape index (κ1) is 28.5. The third-order valence-corrected chi connectivity index (χ3v) is 8.39. The molecule has 1 aliphatic rings. The Kier molecular flexibility index (Phi) is 8.25. The number of nitrogens with one attached hydrogen (secondary N) is 1. The topological polar surface area (TPSA) is 135 Å². The van der Waals surface area contributed by atoms with Crippen LogP contribution in [0.3, 0.4) is 0 Å². The van der Waals surface area contributed by atoms with Gasteiger partial charge in [-0.05, 0) is 62.4 Å². The van der Waals surface area contributed by atoms with Gasteiger partial charge in [0.2, 0.25) is 0 Å². The molecular formula is C29H30FN5O5S. The van der Waals surface area contributed by atoms with Gasteiger partial charge in [-0.25, -0.2) is 22.8 Å². The van der Waals surface area contributed by atoms with Gasteiger partial charge in [-0.1, -0.05) is 6.07 Å². The van der Waals surface area contributed by atoms with E-state index in [4.69, 9.17) is 19.8 Å². The summed E-state index contributed by atoms with van der Waals surface area (Å²) in [5.74, 6) is -1.36. The molecule has 3 aromatic heterocycles. The summed E-state index contributed by atoms with van der Waals surface area (Å²) in [6.07, 6.45) is 1.88. The number of aromatic nitrogens is 3. The fourth-order valence-electron chi connectivity index (χ4n) is 4.79. The maximum absolute atomic E-state index is 14.1. The third-order valence-electron chi connectivity index (χ3n) is 6.69. The molecule has 0 radical (unpaired) electrons. The lowest BCUT2D eigenvalue weighted by atomic mass is 10.1. The molecule has 4 aromatic rings. The second-order valence-electron chi connectivity index (χ2n) is 9.98. The number of carbonyl (C=O) groups is 1. The van der Waals surface area contributed by atoms with Crippen LogP contribution >= 0.6 is 0 Å². The van der Waals surface area contributed by atoms with Gasteiger partial charge in [0.15, 0.2) is 9.84 Å². The van der Waals surface area contributed by atoms with Gasteiger partial charge in [-0.2, -0.15) is 0 Å². The van der Waals surface area contributed by atoms with Crippen molar-refractivity contribution in [2.75, 3.05) is 30.3 Å². The number of nitrogens with zero attached hydrogens (tertiary/aromatic N) is 4. The largest absolute Gasteiger partial charge is 0.395 e. The number of aliphatic hydroxyl groups excluding tert-OH is 1. The Morgan fingerprint density at radius 2 is 1.83 bits per heavy atom. The molecule has 0 unspecified atom stereocenters. The molecule has 214 valence electrons. The minimum Gasteiger partial charge on any atom is -0.395 e. The molecular weight excluding hydrogens is 549 g/mol. The summed E-state index contributed by atoms with van der Waals surface area (Å²) in [5.41, 5.74) is 2.59. The summed E-state index contributed by atoms with van der Waals surface area (Å²) in [4.78, 5) is 28.3. The van der Waals surface area contributed by atoms with Crippen molar-refractivity contribution in [3.63, 3.8) is 0 Å². The van der Waals surface area contributed by atoms with Gasteiger partial charge < -0.3 is 20.1 Å². The molecule has 41 heavy (non-hydrogen) atoms. The van der Waals surface area contributed by atoms with Crippen molar-refractivity contribution in [3.8, 4) is 11.4 Å². The summed E-state index contributed by atoms with van der Waals surface area (Å²) in [5, 5.41) is 12.5. The van der Waals surface area contributed by atoms with Crippen molar-refractivity contribution in [2.24, 2.45) is 0 Å². The van der Waals surface area contributed by atoms with E-state index in [0.29, 0.717) is 16.9 Å². The molecule has 2 N–H and O–H groups in total. The lowest BCUT2D eigenvalue weighted by Crippen LogP contribution is -2.45. The highest BCUT2D eigenvalue weighted by Crippen LogP contribution is 2.24. The molecule has 0 aliphatic carbocycles. The Bertz CT molecular complexity index is 1690. The first-order valence-corrected chi connectivity index (χ1v) is 14.8. The number of amides is 1. The number of fused-ring (bicyclic) bond motifs is 1. The number of pyridine rings is 3. The monoisotopic (exact) mass is 579 g/mol. The number of rotatable bonds is 8. The number of aliphatic hydroxyl groups is 1. The summed E-state index contributed by atoms with van der Waals surface area (Å²) in [6, 6.07) is 14.5. The van der Waals surface area contributed by atoms with Crippen molar-refractivity contribution >= 4 is 32.5 Å².